The lowest BCUT2D eigenvalue weighted by atomic mass is 10.1. The molecule has 0 unspecified atom stereocenters. The highest BCUT2D eigenvalue weighted by Crippen LogP contribution is 2.37. The molecule has 238 valence electrons. The topological polar surface area (TPSA) is 65.1 Å². The molecular formula is C31H54ClNO5SSi3. The highest BCUT2D eigenvalue weighted by Gasteiger charge is 2.40. The number of halogens is 1. The largest absolute Gasteiger partial charge is 0.416 e. The first-order valence-electron chi connectivity index (χ1n) is 14.8. The second-order valence-corrected chi connectivity index (χ2v) is 30.8. The van der Waals surface area contributed by atoms with Crippen molar-refractivity contribution in [2.24, 2.45) is 0 Å². The van der Waals surface area contributed by atoms with E-state index in [0.717, 1.165) is 11.1 Å². The SMILES string of the molecule is Cc1ccc(S(=O)(=O)N(C[C@@H](CO[Si](C)(C)C(C)(C)C)O[Si](C)(C)C)[C@H](CO[Si](C)(C)C)Cc2ccc(Cl)cc2)cc1. The summed E-state index contributed by atoms with van der Waals surface area (Å²) in [6, 6.07) is 14.2. The first-order valence-corrected chi connectivity index (χ1v) is 26.3. The summed E-state index contributed by atoms with van der Waals surface area (Å²) in [5.74, 6) is 0. The van der Waals surface area contributed by atoms with Gasteiger partial charge in [-0.15, -0.1) is 0 Å². The van der Waals surface area contributed by atoms with Crippen LogP contribution in [0.4, 0.5) is 0 Å². The van der Waals surface area contributed by atoms with Gasteiger partial charge in [0.25, 0.3) is 0 Å². The van der Waals surface area contributed by atoms with Crippen LogP contribution in [0.25, 0.3) is 0 Å². The molecule has 0 fully saturated rings. The molecule has 0 amide bonds. The first-order chi connectivity index (χ1) is 19.0. The van der Waals surface area contributed by atoms with Gasteiger partial charge in [-0.2, -0.15) is 4.31 Å². The number of benzene rings is 2. The van der Waals surface area contributed by atoms with Gasteiger partial charge in [0, 0.05) is 11.6 Å². The van der Waals surface area contributed by atoms with Crippen LogP contribution in [-0.4, -0.2) is 69.6 Å². The molecule has 42 heavy (non-hydrogen) atoms. The fraction of sp³-hybridized carbons (Fsp3) is 0.613. The van der Waals surface area contributed by atoms with E-state index in [0.29, 0.717) is 18.1 Å². The normalized spacial score (nSPS) is 15.2. The average Bonchev–Trinajstić information content (AvgIpc) is 2.83. The third-order valence-corrected chi connectivity index (χ3v) is 16.2. The molecule has 6 nitrogen and oxygen atoms in total. The minimum absolute atomic E-state index is 0.0205. The summed E-state index contributed by atoms with van der Waals surface area (Å²) in [4.78, 5) is 0.263. The number of aryl methyl sites for hydroxylation is 1. The van der Waals surface area contributed by atoms with E-state index in [1.807, 2.05) is 43.3 Å². The molecule has 0 aliphatic carbocycles. The zero-order chi connectivity index (χ0) is 32.1. The number of nitrogens with zero attached hydrogens (tertiary/aromatic N) is 1. The molecule has 0 bridgehead atoms. The molecule has 0 aliphatic rings. The number of sulfonamides is 1. The van der Waals surface area contributed by atoms with Crippen molar-refractivity contribution in [1.29, 1.82) is 0 Å². The van der Waals surface area contributed by atoms with Crippen LogP contribution in [-0.2, 0) is 29.7 Å². The second-order valence-electron chi connectivity index (χ2n) is 14.7. The van der Waals surface area contributed by atoms with Crippen LogP contribution in [0.1, 0.15) is 31.9 Å². The van der Waals surface area contributed by atoms with Gasteiger partial charge < -0.3 is 13.3 Å². The van der Waals surface area contributed by atoms with E-state index in [4.69, 9.17) is 24.9 Å². The molecule has 0 saturated carbocycles. The highest BCUT2D eigenvalue weighted by molar-refractivity contribution is 7.89. The van der Waals surface area contributed by atoms with Crippen molar-refractivity contribution < 1.29 is 21.7 Å². The van der Waals surface area contributed by atoms with Crippen molar-refractivity contribution in [1.82, 2.24) is 4.31 Å². The predicted octanol–water partition coefficient (Wildman–Crippen LogP) is 8.34. The standard InChI is InChI=1S/C31H54ClNO5SSi3/c1-25-13-19-30(20-14-25)39(34,35)33(22-29(38-41(8,9)10)24-37-42(11,12)31(2,3)4)28(23-36-40(5,6)7)21-26-15-17-27(32)18-16-26/h13-20,28-29H,21-24H2,1-12H3/t28-,29-/m0/s1. The first kappa shape index (κ1) is 37.4. The Balaban J connectivity index is 2.62. The van der Waals surface area contributed by atoms with E-state index in [2.05, 4.69) is 73.1 Å². The maximum Gasteiger partial charge on any atom is 0.243 e. The van der Waals surface area contributed by atoms with Crippen LogP contribution in [0.15, 0.2) is 53.4 Å². The number of hydrogen-bond acceptors (Lipinski definition) is 5. The summed E-state index contributed by atoms with van der Waals surface area (Å²) in [6.07, 6.45) is 0.0563. The predicted molar refractivity (Wildman–Crippen MR) is 185 cm³/mol. The fourth-order valence-corrected chi connectivity index (χ4v) is 8.75. The monoisotopic (exact) mass is 671 g/mol. The molecule has 0 heterocycles. The van der Waals surface area contributed by atoms with Gasteiger partial charge in [-0.05, 0) is 101 Å². The van der Waals surface area contributed by atoms with Crippen molar-refractivity contribution in [3.63, 3.8) is 0 Å². The van der Waals surface area contributed by atoms with E-state index < -0.39 is 47.1 Å². The summed E-state index contributed by atoms with van der Waals surface area (Å²) in [6.45, 7) is 26.5. The lowest BCUT2D eigenvalue weighted by Crippen LogP contribution is -2.52. The minimum Gasteiger partial charge on any atom is -0.416 e. The van der Waals surface area contributed by atoms with Gasteiger partial charge in [-0.1, -0.05) is 62.2 Å². The molecule has 2 rings (SSSR count). The third-order valence-electron chi connectivity index (χ3n) is 7.47. The smallest absolute Gasteiger partial charge is 0.243 e. The maximum absolute atomic E-state index is 14.5. The third kappa shape index (κ3) is 11.9. The molecule has 0 saturated heterocycles. The summed E-state index contributed by atoms with van der Waals surface area (Å²) in [7, 11) is -10.0. The van der Waals surface area contributed by atoms with Crippen LogP contribution >= 0.6 is 11.6 Å². The van der Waals surface area contributed by atoms with Gasteiger partial charge in [0.15, 0.2) is 25.0 Å². The molecule has 2 aromatic rings. The molecule has 0 aliphatic heterocycles. The quantitative estimate of drug-likeness (QED) is 0.178. The second kappa shape index (κ2) is 14.5. The highest BCUT2D eigenvalue weighted by atomic mass is 35.5. The van der Waals surface area contributed by atoms with Crippen molar-refractivity contribution in [2.45, 2.75) is 109 Å². The number of rotatable bonds is 15. The summed E-state index contributed by atoms with van der Waals surface area (Å²) >= 11 is 6.18. The van der Waals surface area contributed by atoms with Gasteiger partial charge >= 0.3 is 0 Å². The Morgan fingerprint density at radius 1 is 0.810 bits per heavy atom. The Bertz CT molecular complexity index is 1240. The minimum atomic E-state index is -3.91. The molecule has 2 atom stereocenters. The van der Waals surface area contributed by atoms with Gasteiger partial charge in [-0.3, -0.25) is 0 Å². The van der Waals surface area contributed by atoms with Gasteiger partial charge in [0.05, 0.1) is 30.3 Å². The Kier molecular flexibility index (Phi) is 12.9. The Morgan fingerprint density at radius 3 is 1.83 bits per heavy atom. The summed E-state index contributed by atoms with van der Waals surface area (Å²) < 4.78 is 50.3. The van der Waals surface area contributed by atoms with E-state index in [1.54, 1.807) is 16.4 Å². The Labute approximate surface area is 264 Å². The van der Waals surface area contributed by atoms with Crippen LogP contribution < -0.4 is 0 Å². The van der Waals surface area contributed by atoms with Gasteiger partial charge in [0.2, 0.25) is 10.0 Å². The zero-order valence-corrected chi connectivity index (χ0v) is 32.4. The van der Waals surface area contributed by atoms with Crippen LogP contribution in [0.2, 0.25) is 62.4 Å². The molecular weight excluding hydrogens is 618 g/mol. The van der Waals surface area contributed by atoms with E-state index in [9.17, 15) is 8.42 Å². The van der Waals surface area contributed by atoms with Crippen molar-refractivity contribution in [3.05, 3.63) is 64.7 Å². The Morgan fingerprint density at radius 2 is 1.36 bits per heavy atom. The molecule has 11 heteroatoms. The van der Waals surface area contributed by atoms with Crippen LogP contribution in [0, 0.1) is 6.92 Å². The Hall–Kier alpha value is -0.829. The lowest BCUT2D eigenvalue weighted by Gasteiger charge is -2.40. The lowest BCUT2D eigenvalue weighted by molar-refractivity contribution is 0.0803. The van der Waals surface area contributed by atoms with Crippen LogP contribution in [0.3, 0.4) is 0 Å². The molecule has 0 spiro atoms. The number of hydrogen-bond donors (Lipinski definition) is 0. The van der Waals surface area contributed by atoms with Crippen molar-refractivity contribution in [2.75, 3.05) is 19.8 Å². The molecule has 2 aromatic carbocycles. The zero-order valence-electron chi connectivity index (χ0n) is 27.9. The van der Waals surface area contributed by atoms with Gasteiger partial charge in [-0.25, -0.2) is 8.42 Å². The molecule has 0 radical (unpaired) electrons. The van der Waals surface area contributed by atoms with Crippen LogP contribution in [0.5, 0.6) is 0 Å². The molecule has 0 aromatic heterocycles. The summed E-state index contributed by atoms with van der Waals surface area (Å²) in [5.41, 5.74) is 2.00. The van der Waals surface area contributed by atoms with Crippen molar-refractivity contribution >= 4 is 46.6 Å². The van der Waals surface area contributed by atoms with E-state index in [-0.39, 0.29) is 23.1 Å². The summed E-state index contributed by atoms with van der Waals surface area (Å²) in [5, 5.41) is 0.663. The van der Waals surface area contributed by atoms with E-state index in [1.165, 1.54) is 0 Å². The maximum atomic E-state index is 14.5. The van der Waals surface area contributed by atoms with Crippen molar-refractivity contribution in [3.8, 4) is 0 Å². The van der Waals surface area contributed by atoms with E-state index >= 15 is 0 Å². The fourth-order valence-electron chi connectivity index (χ4n) is 4.11. The molecule has 0 N–H and O–H groups in total. The van der Waals surface area contributed by atoms with Gasteiger partial charge in [0.1, 0.15) is 0 Å². The average molecular weight is 673 g/mol.